The number of aliphatic hydroxyl groups is 1. The van der Waals surface area contributed by atoms with Gasteiger partial charge in [-0.15, -0.1) is 0 Å². The van der Waals surface area contributed by atoms with Crippen LogP contribution in [0.5, 0.6) is 0 Å². The second-order valence-electron chi connectivity index (χ2n) is 5.05. The number of rotatable bonds is 2. The molecule has 0 aromatic heterocycles. The van der Waals surface area contributed by atoms with Crippen molar-refractivity contribution in [1.29, 1.82) is 0 Å². The van der Waals surface area contributed by atoms with E-state index < -0.39 is 5.60 Å². The minimum atomic E-state index is -0.767. The molecule has 0 bridgehead atoms. The third-order valence-corrected chi connectivity index (χ3v) is 4.41. The Kier molecular flexibility index (Phi) is 3.22. The molecule has 0 heterocycles. The number of hydrogen-bond donors (Lipinski definition) is 1. The monoisotopic (exact) mass is 258 g/mol. The zero-order valence-electron chi connectivity index (χ0n) is 9.50. The van der Waals surface area contributed by atoms with Crippen LogP contribution in [0.4, 0.5) is 0 Å². The fourth-order valence-electron chi connectivity index (χ4n) is 2.36. The van der Waals surface area contributed by atoms with Gasteiger partial charge in [-0.3, -0.25) is 0 Å². The van der Waals surface area contributed by atoms with Crippen molar-refractivity contribution in [2.24, 2.45) is 11.8 Å². The van der Waals surface area contributed by atoms with Crippen LogP contribution >= 0.6 is 23.2 Å². The summed E-state index contributed by atoms with van der Waals surface area (Å²) in [6.45, 7) is 4.37. The molecule has 1 saturated carbocycles. The lowest BCUT2D eigenvalue weighted by Crippen LogP contribution is -2.43. The summed E-state index contributed by atoms with van der Waals surface area (Å²) in [5, 5.41) is 11.5. The van der Waals surface area contributed by atoms with Gasteiger partial charge in [-0.25, -0.2) is 0 Å². The first-order valence-electron chi connectivity index (χ1n) is 5.61. The molecule has 2 rings (SSSR count). The van der Waals surface area contributed by atoms with Gasteiger partial charge in [0.05, 0.1) is 15.6 Å². The normalized spacial score (nSPS) is 29.2. The Morgan fingerprint density at radius 1 is 1.31 bits per heavy atom. The zero-order valence-corrected chi connectivity index (χ0v) is 11.0. The van der Waals surface area contributed by atoms with Crippen molar-refractivity contribution >= 4 is 23.2 Å². The minimum Gasteiger partial charge on any atom is -0.385 e. The van der Waals surface area contributed by atoms with Gasteiger partial charge in [0.25, 0.3) is 0 Å². The maximum Gasteiger partial charge on any atom is 0.0917 e. The first kappa shape index (κ1) is 12.2. The Hall–Kier alpha value is -0.240. The second kappa shape index (κ2) is 4.21. The van der Waals surface area contributed by atoms with Crippen LogP contribution in [0.15, 0.2) is 18.2 Å². The highest BCUT2D eigenvalue weighted by Crippen LogP contribution is 2.51. The second-order valence-corrected chi connectivity index (χ2v) is 5.83. The smallest absolute Gasteiger partial charge is 0.0917 e. The molecule has 1 fully saturated rings. The van der Waals surface area contributed by atoms with Gasteiger partial charge >= 0.3 is 0 Å². The summed E-state index contributed by atoms with van der Waals surface area (Å²) in [6, 6.07) is 5.45. The van der Waals surface area contributed by atoms with E-state index in [-0.39, 0.29) is 0 Å². The molecule has 0 atom stereocenters. The summed E-state index contributed by atoms with van der Waals surface area (Å²) >= 11 is 12.1. The van der Waals surface area contributed by atoms with Gasteiger partial charge in [0, 0.05) is 5.56 Å². The summed E-state index contributed by atoms with van der Waals surface area (Å²) < 4.78 is 0. The third-order valence-electron chi connectivity index (χ3n) is 3.60. The standard InChI is InChI=1S/C13H16Cl2O/c1-8(2)9-6-13(16,7-9)10-4-3-5-11(14)12(10)15/h3-5,8-9,16H,6-7H2,1-2H3. The van der Waals surface area contributed by atoms with Gasteiger partial charge in [0.2, 0.25) is 0 Å². The molecule has 0 radical (unpaired) electrons. The molecule has 1 N–H and O–H groups in total. The van der Waals surface area contributed by atoms with Gasteiger partial charge in [-0.05, 0) is 30.7 Å². The molecular weight excluding hydrogens is 243 g/mol. The molecule has 1 aromatic carbocycles. The van der Waals surface area contributed by atoms with Crippen LogP contribution in [0.1, 0.15) is 32.3 Å². The molecule has 0 saturated heterocycles. The van der Waals surface area contributed by atoms with E-state index in [1.807, 2.05) is 12.1 Å². The average molecular weight is 259 g/mol. The van der Waals surface area contributed by atoms with Crippen LogP contribution in [0.3, 0.4) is 0 Å². The van der Waals surface area contributed by atoms with Crippen molar-refractivity contribution < 1.29 is 5.11 Å². The van der Waals surface area contributed by atoms with E-state index in [0.717, 1.165) is 18.4 Å². The van der Waals surface area contributed by atoms with Crippen molar-refractivity contribution in [2.45, 2.75) is 32.3 Å². The first-order valence-corrected chi connectivity index (χ1v) is 6.36. The summed E-state index contributed by atoms with van der Waals surface area (Å²) in [7, 11) is 0. The maximum atomic E-state index is 10.5. The van der Waals surface area contributed by atoms with Crippen LogP contribution in [-0.2, 0) is 5.60 Å². The molecule has 1 aromatic rings. The third kappa shape index (κ3) is 1.97. The van der Waals surface area contributed by atoms with E-state index in [1.165, 1.54) is 0 Å². The molecule has 0 amide bonds. The van der Waals surface area contributed by atoms with Crippen molar-refractivity contribution in [3.05, 3.63) is 33.8 Å². The van der Waals surface area contributed by atoms with E-state index in [4.69, 9.17) is 23.2 Å². The Balaban J connectivity index is 2.23. The van der Waals surface area contributed by atoms with E-state index in [1.54, 1.807) is 6.07 Å². The Bertz CT molecular complexity index is 395. The topological polar surface area (TPSA) is 20.2 Å². The quantitative estimate of drug-likeness (QED) is 0.841. The summed E-state index contributed by atoms with van der Waals surface area (Å²) in [6.07, 6.45) is 1.56. The molecule has 3 heteroatoms. The van der Waals surface area contributed by atoms with Gasteiger partial charge in [0.15, 0.2) is 0 Å². The SMILES string of the molecule is CC(C)C1CC(O)(c2cccc(Cl)c2Cl)C1. The molecule has 0 spiro atoms. The van der Waals surface area contributed by atoms with Gasteiger partial charge in [-0.1, -0.05) is 49.2 Å². The van der Waals surface area contributed by atoms with Crippen LogP contribution < -0.4 is 0 Å². The lowest BCUT2D eigenvalue weighted by molar-refractivity contribution is -0.0932. The fourth-order valence-corrected chi connectivity index (χ4v) is 2.84. The predicted molar refractivity (Wildman–Crippen MR) is 67.9 cm³/mol. The molecule has 1 aliphatic rings. The minimum absolute atomic E-state index is 0.494. The van der Waals surface area contributed by atoms with Gasteiger partial charge in [0.1, 0.15) is 0 Å². The molecule has 16 heavy (non-hydrogen) atoms. The van der Waals surface area contributed by atoms with Crippen molar-refractivity contribution in [3.63, 3.8) is 0 Å². The Labute approximate surface area is 106 Å². The molecule has 1 aliphatic carbocycles. The molecule has 1 nitrogen and oxygen atoms in total. The first-order chi connectivity index (χ1) is 7.44. The lowest BCUT2D eigenvalue weighted by Gasteiger charge is -2.46. The summed E-state index contributed by atoms with van der Waals surface area (Å²) in [4.78, 5) is 0. The fraction of sp³-hybridized carbons (Fsp3) is 0.538. The van der Waals surface area contributed by atoms with E-state index in [2.05, 4.69) is 13.8 Å². The Morgan fingerprint density at radius 3 is 2.50 bits per heavy atom. The highest BCUT2D eigenvalue weighted by atomic mass is 35.5. The Morgan fingerprint density at radius 2 is 1.94 bits per heavy atom. The van der Waals surface area contributed by atoms with Gasteiger partial charge in [-0.2, -0.15) is 0 Å². The summed E-state index contributed by atoms with van der Waals surface area (Å²) in [5.41, 5.74) is 0.00951. The number of halogens is 2. The highest BCUT2D eigenvalue weighted by molar-refractivity contribution is 6.42. The number of hydrogen-bond acceptors (Lipinski definition) is 1. The molecule has 0 unspecified atom stereocenters. The largest absolute Gasteiger partial charge is 0.385 e. The zero-order chi connectivity index (χ0) is 11.9. The number of benzene rings is 1. The molecule has 88 valence electrons. The van der Waals surface area contributed by atoms with E-state index >= 15 is 0 Å². The van der Waals surface area contributed by atoms with Crippen molar-refractivity contribution in [3.8, 4) is 0 Å². The van der Waals surface area contributed by atoms with E-state index in [0.29, 0.717) is 21.9 Å². The van der Waals surface area contributed by atoms with Crippen molar-refractivity contribution in [1.82, 2.24) is 0 Å². The average Bonchev–Trinajstić information content (AvgIpc) is 2.17. The highest BCUT2D eigenvalue weighted by Gasteiger charge is 2.46. The van der Waals surface area contributed by atoms with Crippen LogP contribution in [0.2, 0.25) is 10.0 Å². The van der Waals surface area contributed by atoms with Crippen molar-refractivity contribution in [2.75, 3.05) is 0 Å². The summed E-state index contributed by atoms with van der Waals surface area (Å²) in [5.74, 6) is 1.19. The molecule has 0 aliphatic heterocycles. The maximum absolute atomic E-state index is 10.5. The van der Waals surface area contributed by atoms with Crippen LogP contribution in [0, 0.1) is 11.8 Å². The van der Waals surface area contributed by atoms with Crippen LogP contribution in [0.25, 0.3) is 0 Å². The lowest BCUT2D eigenvalue weighted by atomic mass is 9.63. The molecular formula is C13H16Cl2O. The van der Waals surface area contributed by atoms with Crippen LogP contribution in [-0.4, -0.2) is 5.11 Å². The predicted octanol–water partition coefficient (Wildman–Crippen LogP) is 4.25. The van der Waals surface area contributed by atoms with Gasteiger partial charge < -0.3 is 5.11 Å². The van der Waals surface area contributed by atoms with E-state index in [9.17, 15) is 5.11 Å².